The number of ether oxygens (including phenoxy) is 1. The van der Waals surface area contributed by atoms with E-state index in [2.05, 4.69) is 88.4 Å². The summed E-state index contributed by atoms with van der Waals surface area (Å²) in [6.45, 7) is 8.95. The van der Waals surface area contributed by atoms with E-state index in [1.54, 1.807) is 19.2 Å². The molecule has 1 atom stereocenters. The third-order valence-electron chi connectivity index (χ3n) is 13.7. The van der Waals surface area contributed by atoms with Crippen molar-refractivity contribution in [3.63, 3.8) is 0 Å². The Morgan fingerprint density at radius 1 is 0.838 bits per heavy atom. The summed E-state index contributed by atoms with van der Waals surface area (Å²) in [6, 6.07) is 22.3. The van der Waals surface area contributed by atoms with Crippen LogP contribution in [0, 0.1) is 5.92 Å². The average molecular weight is 935 g/mol. The van der Waals surface area contributed by atoms with Crippen molar-refractivity contribution in [3.8, 4) is 17.0 Å². The normalized spacial score (nSPS) is 20.4. The van der Waals surface area contributed by atoms with Crippen molar-refractivity contribution in [2.75, 3.05) is 81.1 Å². The van der Waals surface area contributed by atoms with Gasteiger partial charge in [0.2, 0.25) is 17.8 Å². The Morgan fingerprint density at radius 3 is 2.24 bits per heavy atom. The lowest BCUT2D eigenvalue weighted by molar-refractivity contribution is -0.192. The number of aliphatic carboxylic acids is 1. The van der Waals surface area contributed by atoms with Crippen molar-refractivity contribution in [1.82, 2.24) is 34.6 Å². The fraction of sp³-hybridized carbons (Fsp3) is 0.396. The van der Waals surface area contributed by atoms with E-state index in [-0.39, 0.29) is 18.7 Å². The minimum Gasteiger partial charge on any atom is -0.494 e. The fourth-order valence-electron chi connectivity index (χ4n) is 9.86. The van der Waals surface area contributed by atoms with Crippen LogP contribution < -0.4 is 25.2 Å². The van der Waals surface area contributed by atoms with Crippen molar-refractivity contribution in [3.05, 3.63) is 90.3 Å². The zero-order valence-electron chi connectivity index (χ0n) is 37.1. The molecule has 0 bridgehead atoms. The fourth-order valence-corrected chi connectivity index (χ4v) is 9.86. The highest BCUT2D eigenvalue weighted by Crippen LogP contribution is 2.42. The Kier molecular flexibility index (Phi) is 11.8. The lowest BCUT2D eigenvalue weighted by Crippen LogP contribution is -2.64. The number of aromatic nitrogens is 3. The van der Waals surface area contributed by atoms with Crippen LogP contribution in [0.25, 0.3) is 22.2 Å². The minimum absolute atomic E-state index is 0.103. The number of carboxylic acid groups (broad SMARTS) is 1. The largest absolute Gasteiger partial charge is 0.494 e. The highest BCUT2D eigenvalue weighted by molar-refractivity contribution is 6.23. The number of carbonyl (C=O) groups excluding carboxylic acids is 4. The maximum atomic E-state index is 13.3. The maximum absolute atomic E-state index is 13.3. The Labute approximate surface area is 388 Å². The molecule has 4 saturated heterocycles. The highest BCUT2D eigenvalue weighted by Gasteiger charge is 2.45. The molecule has 0 radical (unpaired) electrons. The van der Waals surface area contributed by atoms with Gasteiger partial charge in [-0.05, 0) is 61.7 Å². The topological polar surface area (TPSA) is 186 Å². The molecule has 11 rings (SSSR count). The zero-order valence-corrected chi connectivity index (χ0v) is 37.1. The smallest absolute Gasteiger partial charge is 0.490 e. The number of nitrogens with zero attached hydrogens (tertiary/aromatic N) is 8. The number of imide groups is 2. The van der Waals surface area contributed by atoms with Crippen molar-refractivity contribution in [2.24, 2.45) is 5.92 Å². The third kappa shape index (κ3) is 8.80. The molecular weight excluding hydrogens is 886 g/mol. The Bertz CT molecular complexity index is 2810. The van der Waals surface area contributed by atoms with Crippen LogP contribution in [0.2, 0.25) is 0 Å². The van der Waals surface area contributed by atoms with E-state index >= 15 is 0 Å². The predicted molar refractivity (Wildman–Crippen MR) is 244 cm³/mol. The van der Waals surface area contributed by atoms with Gasteiger partial charge in [-0.1, -0.05) is 18.2 Å². The lowest BCUT2D eigenvalue weighted by atomic mass is 9.97. The first-order chi connectivity index (χ1) is 32.7. The standard InChI is InChI=1S/C46H48N10O5.C2HF3O2/c1-61-41-21-31(9-11-38(41)49-46-47-15-14-37(48-46)36-27-55(29-6-7-29)39-5-3-2-4-33(36)39)54-25-32(26-54)52-18-16-51(17-19-52)22-28-23-53(24-28)30-8-10-34-35(20-30)45(60)56(44(34)59)40-12-13-42(57)50-43(40)58;3-2(4,5)1(6)7/h2-5,8-11,14-15,20-21,27-29,32,40H,6-7,12-13,16-19,22-26H2,1H3,(H,47,48,49)(H,50,57,58);(H,6,7). The van der Waals surface area contributed by atoms with Crippen molar-refractivity contribution < 1.29 is 47.0 Å². The monoisotopic (exact) mass is 934 g/mol. The van der Waals surface area contributed by atoms with E-state index in [1.807, 2.05) is 18.3 Å². The van der Waals surface area contributed by atoms with Gasteiger partial charge in [0.05, 0.1) is 29.6 Å². The number of piperidine rings is 1. The van der Waals surface area contributed by atoms with Crippen LogP contribution in [0.3, 0.4) is 0 Å². The van der Waals surface area contributed by atoms with Gasteiger partial charge in [-0.25, -0.2) is 14.8 Å². The van der Waals surface area contributed by atoms with Gasteiger partial charge in [0.1, 0.15) is 11.8 Å². The van der Waals surface area contributed by atoms with Gasteiger partial charge < -0.3 is 34.4 Å². The summed E-state index contributed by atoms with van der Waals surface area (Å²) in [5.41, 5.74) is 6.76. The van der Waals surface area contributed by atoms with Gasteiger partial charge in [0.25, 0.3) is 11.8 Å². The first kappa shape index (κ1) is 44.8. The van der Waals surface area contributed by atoms with Crippen LogP contribution in [-0.4, -0.2) is 148 Å². The molecule has 354 valence electrons. The van der Waals surface area contributed by atoms with Gasteiger partial charge >= 0.3 is 12.1 Å². The number of rotatable bonds is 11. The summed E-state index contributed by atoms with van der Waals surface area (Å²) in [7, 11) is 1.70. The van der Waals surface area contributed by atoms with Crippen LogP contribution >= 0.6 is 0 Å². The van der Waals surface area contributed by atoms with Crippen molar-refractivity contribution >= 4 is 63.5 Å². The molecule has 1 saturated carbocycles. The lowest BCUT2D eigenvalue weighted by Gasteiger charge is -2.50. The maximum Gasteiger partial charge on any atom is 0.490 e. The molecule has 17 nitrogen and oxygen atoms in total. The molecule has 3 aromatic carbocycles. The molecule has 0 spiro atoms. The second kappa shape index (κ2) is 17.9. The molecular formula is C48H49F3N10O7. The number of carboxylic acids is 1. The molecule has 1 unspecified atom stereocenters. The van der Waals surface area contributed by atoms with E-state index in [0.717, 1.165) is 97.9 Å². The second-order valence-electron chi connectivity index (χ2n) is 18.1. The van der Waals surface area contributed by atoms with Gasteiger partial charge in [0.15, 0.2) is 0 Å². The van der Waals surface area contributed by atoms with E-state index in [0.29, 0.717) is 35.1 Å². The molecule has 2 aromatic heterocycles. The van der Waals surface area contributed by atoms with E-state index in [1.165, 1.54) is 23.7 Å². The number of halogens is 3. The summed E-state index contributed by atoms with van der Waals surface area (Å²) >= 11 is 0. The van der Waals surface area contributed by atoms with Crippen molar-refractivity contribution in [1.29, 1.82) is 0 Å². The first-order valence-electron chi connectivity index (χ1n) is 22.7. The number of piperazine rings is 1. The number of nitrogens with one attached hydrogen (secondary N) is 2. The molecule has 4 amide bonds. The number of anilines is 4. The number of hydrogen-bond acceptors (Lipinski definition) is 13. The summed E-state index contributed by atoms with van der Waals surface area (Å²) in [5.74, 6) is -2.87. The van der Waals surface area contributed by atoms with E-state index < -0.39 is 35.9 Å². The summed E-state index contributed by atoms with van der Waals surface area (Å²) < 4.78 is 40.0. The number of alkyl halides is 3. The van der Waals surface area contributed by atoms with Crippen LogP contribution in [0.1, 0.15) is 52.4 Å². The molecule has 3 N–H and O–H groups in total. The Balaban J connectivity index is 0.000000717. The molecule has 6 aliphatic rings. The number of hydrogen-bond donors (Lipinski definition) is 3. The third-order valence-corrected chi connectivity index (χ3v) is 13.7. The summed E-state index contributed by atoms with van der Waals surface area (Å²) in [6.07, 6.45) is 1.66. The van der Waals surface area contributed by atoms with E-state index in [9.17, 15) is 32.3 Å². The van der Waals surface area contributed by atoms with Crippen LogP contribution in [0.4, 0.5) is 36.2 Å². The quantitative estimate of drug-likeness (QED) is 0.148. The van der Waals surface area contributed by atoms with Gasteiger partial charge in [-0.2, -0.15) is 13.2 Å². The molecule has 20 heteroatoms. The van der Waals surface area contributed by atoms with Gasteiger partial charge in [-0.3, -0.25) is 34.3 Å². The number of fused-ring (bicyclic) bond motifs is 2. The van der Waals surface area contributed by atoms with Crippen LogP contribution in [-0.2, 0) is 14.4 Å². The zero-order chi connectivity index (χ0) is 47.4. The number of benzene rings is 3. The van der Waals surface area contributed by atoms with Crippen LogP contribution in [0.5, 0.6) is 5.75 Å². The molecule has 7 heterocycles. The highest BCUT2D eigenvalue weighted by atomic mass is 19.4. The second-order valence-corrected chi connectivity index (χ2v) is 18.1. The molecule has 5 fully saturated rings. The number of methoxy groups -OCH3 is 1. The summed E-state index contributed by atoms with van der Waals surface area (Å²) in [5, 5.41) is 14.0. The SMILES string of the molecule is COc1cc(N2CC(N3CCN(CC4CN(c5ccc6c(c5)C(=O)N(C5CCC(=O)NC5=O)C6=O)C4)CC3)C2)ccc1Nc1nccc(-c2cn(C3CC3)c3ccccc23)n1.O=C(O)C(F)(F)F. The van der Waals surface area contributed by atoms with Gasteiger partial charge in [-0.15, -0.1) is 0 Å². The van der Waals surface area contributed by atoms with Gasteiger partial charge in [0, 0.05) is 130 Å². The molecule has 5 aromatic rings. The number of para-hydroxylation sites is 1. The van der Waals surface area contributed by atoms with Crippen LogP contribution in [0.15, 0.2) is 79.1 Å². The number of amides is 4. The number of carbonyl (C=O) groups is 5. The first-order valence-corrected chi connectivity index (χ1v) is 22.7. The van der Waals surface area contributed by atoms with E-state index in [4.69, 9.17) is 19.6 Å². The average Bonchev–Trinajstić information content (AvgIpc) is 4.02. The molecule has 5 aliphatic heterocycles. The summed E-state index contributed by atoms with van der Waals surface area (Å²) in [4.78, 5) is 79.7. The predicted octanol–water partition coefficient (Wildman–Crippen LogP) is 5.16. The minimum atomic E-state index is -5.08. The van der Waals surface area contributed by atoms with Crippen molar-refractivity contribution in [2.45, 2.75) is 50.0 Å². The Hall–Kier alpha value is -7.06. The Morgan fingerprint density at radius 2 is 1.53 bits per heavy atom. The molecule has 1 aliphatic carbocycles. The molecule has 68 heavy (non-hydrogen) atoms.